The molecule has 0 radical (unpaired) electrons. The van der Waals surface area contributed by atoms with Gasteiger partial charge in [-0.3, -0.25) is 30.3 Å². The van der Waals surface area contributed by atoms with Crippen LogP contribution in [0.5, 0.6) is 0 Å². The summed E-state index contributed by atoms with van der Waals surface area (Å²) in [5.41, 5.74) is -0.369. The number of fused-ring (bicyclic) bond motifs is 4. The minimum atomic E-state index is -1.71. The Labute approximate surface area is 181 Å². The van der Waals surface area contributed by atoms with Crippen LogP contribution in [0.3, 0.4) is 0 Å². The van der Waals surface area contributed by atoms with Crippen molar-refractivity contribution in [2.75, 3.05) is 29.4 Å². The molecule has 0 saturated carbocycles. The Bertz CT molecular complexity index is 1160. The quantitative estimate of drug-likeness (QED) is 0.411. The fourth-order valence-electron chi connectivity index (χ4n) is 4.97. The molecule has 11 heteroatoms. The van der Waals surface area contributed by atoms with E-state index in [4.69, 9.17) is 0 Å². The molecule has 1 unspecified atom stereocenters. The Hall–Kier alpha value is -4.02. The molecular formula is C21H18FN5O5. The van der Waals surface area contributed by atoms with Gasteiger partial charge in [0.25, 0.3) is 5.69 Å². The number of nitro benzene ring substituents is 1. The first kappa shape index (κ1) is 19.9. The molecule has 3 aliphatic heterocycles. The lowest BCUT2D eigenvalue weighted by Gasteiger charge is -2.54. The fourth-order valence-corrected chi connectivity index (χ4v) is 4.97. The molecule has 2 N–H and O–H groups in total. The van der Waals surface area contributed by atoms with Gasteiger partial charge in [-0.2, -0.15) is 0 Å². The number of benzene rings is 2. The number of barbiturate groups is 1. The van der Waals surface area contributed by atoms with Crippen molar-refractivity contribution in [1.29, 1.82) is 0 Å². The van der Waals surface area contributed by atoms with Gasteiger partial charge >= 0.3 is 6.03 Å². The molecule has 0 aliphatic carbocycles. The number of hydrogen-bond acceptors (Lipinski definition) is 7. The van der Waals surface area contributed by atoms with E-state index >= 15 is 0 Å². The molecular weight excluding hydrogens is 421 g/mol. The largest absolute Gasteiger partial charge is 0.365 e. The minimum Gasteiger partial charge on any atom is -0.365 e. The van der Waals surface area contributed by atoms with Crippen molar-refractivity contribution in [3.8, 4) is 0 Å². The van der Waals surface area contributed by atoms with Crippen molar-refractivity contribution in [1.82, 2.24) is 10.6 Å². The summed E-state index contributed by atoms with van der Waals surface area (Å²) in [5, 5.41) is 15.6. The maximum Gasteiger partial charge on any atom is 0.328 e. The zero-order chi connectivity index (χ0) is 22.6. The number of carbonyl (C=O) groups is 3. The normalized spacial score (nSPS) is 21.5. The number of urea groups is 1. The van der Waals surface area contributed by atoms with Gasteiger partial charge in [-0.1, -0.05) is 12.1 Å². The average molecular weight is 439 g/mol. The number of amides is 4. The molecule has 10 nitrogen and oxygen atoms in total. The Kier molecular flexibility index (Phi) is 4.36. The summed E-state index contributed by atoms with van der Waals surface area (Å²) in [5.74, 6) is -1.96. The van der Waals surface area contributed by atoms with E-state index in [1.54, 1.807) is 29.2 Å². The monoisotopic (exact) mass is 439 g/mol. The Morgan fingerprint density at radius 2 is 1.75 bits per heavy atom. The van der Waals surface area contributed by atoms with Crippen LogP contribution in [-0.2, 0) is 16.0 Å². The molecule has 2 fully saturated rings. The van der Waals surface area contributed by atoms with Crippen LogP contribution in [0.25, 0.3) is 0 Å². The first-order valence-corrected chi connectivity index (χ1v) is 10.0. The molecule has 5 rings (SSSR count). The molecule has 2 aromatic rings. The van der Waals surface area contributed by atoms with Gasteiger partial charge in [0.15, 0.2) is 5.41 Å². The Morgan fingerprint density at radius 3 is 2.44 bits per heavy atom. The molecule has 32 heavy (non-hydrogen) atoms. The number of halogens is 1. The second-order valence-electron chi connectivity index (χ2n) is 8.06. The molecule has 164 valence electrons. The van der Waals surface area contributed by atoms with Crippen LogP contribution in [0.4, 0.5) is 26.2 Å². The predicted molar refractivity (Wildman–Crippen MR) is 111 cm³/mol. The molecule has 3 aliphatic rings. The van der Waals surface area contributed by atoms with E-state index < -0.39 is 40.0 Å². The second-order valence-corrected chi connectivity index (χ2v) is 8.06. The van der Waals surface area contributed by atoms with Crippen LogP contribution in [0, 0.1) is 21.3 Å². The van der Waals surface area contributed by atoms with Gasteiger partial charge in [0.2, 0.25) is 11.8 Å². The number of rotatable bonds is 2. The van der Waals surface area contributed by atoms with Crippen LogP contribution < -0.4 is 20.4 Å². The van der Waals surface area contributed by atoms with Gasteiger partial charge in [-0.15, -0.1) is 0 Å². The predicted octanol–water partition coefficient (Wildman–Crippen LogP) is 1.34. The highest BCUT2D eigenvalue weighted by molar-refractivity contribution is 6.20. The number of nitro groups is 1. The third-order valence-electron chi connectivity index (χ3n) is 6.46. The summed E-state index contributed by atoms with van der Waals surface area (Å²) < 4.78 is 14.5. The fraction of sp³-hybridized carbons (Fsp3) is 0.286. The SMILES string of the molecule is O=C1NC(=O)C2(Cc3cc([N+](=O)[O-])ccc3N3CCN(c4ccccc4F)CC32)C(=O)N1. The van der Waals surface area contributed by atoms with Crippen LogP contribution in [0.15, 0.2) is 42.5 Å². The maximum absolute atomic E-state index is 14.5. The van der Waals surface area contributed by atoms with E-state index in [1.807, 2.05) is 4.90 Å². The number of anilines is 2. The van der Waals surface area contributed by atoms with E-state index in [2.05, 4.69) is 10.6 Å². The standard InChI is InChI=1S/C21H18FN5O5/c22-14-3-1-2-4-16(14)25-7-8-26-15-6-5-13(27(31)32)9-12(15)10-21(17(26)11-25)18(28)23-20(30)24-19(21)29/h1-6,9,17H,7-8,10-11H2,(H2,23,24,28,29,30). The number of para-hydroxylation sites is 1. The van der Waals surface area contributed by atoms with Gasteiger partial charge in [0.1, 0.15) is 5.82 Å². The number of piperazine rings is 1. The van der Waals surface area contributed by atoms with Crippen LogP contribution >= 0.6 is 0 Å². The second kappa shape index (κ2) is 7.01. The lowest BCUT2D eigenvalue weighted by atomic mass is 9.68. The summed E-state index contributed by atoms with van der Waals surface area (Å²) in [6.07, 6.45) is -0.124. The van der Waals surface area contributed by atoms with E-state index in [0.717, 1.165) is 0 Å². The van der Waals surface area contributed by atoms with Crippen molar-refractivity contribution in [3.63, 3.8) is 0 Å². The average Bonchev–Trinajstić information content (AvgIpc) is 2.76. The highest BCUT2D eigenvalue weighted by Gasteiger charge is 2.61. The molecule has 1 atom stereocenters. The van der Waals surface area contributed by atoms with Crippen molar-refractivity contribution < 1.29 is 23.7 Å². The van der Waals surface area contributed by atoms with E-state index in [-0.39, 0.29) is 18.7 Å². The molecule has 2 aromatic carbocycles. The first-order valence-electron chi connectivity index (χ1n) is 10.0. The zero-order valence-electron chi connectivity index (χ0n) is 16.7. The molecule has 4 amide bonds. The van der Waals surface area contributed by atoms with E-state index in [9.17, 15) is 28.9 Å². The van der Waals surface area contributed by atoms with Crippen molar-refractivity contribution in [2.24, 2.45) is 5.41 Å². The van der Waals surface area contributed by atoms with Crippen molar-refractivity contribution in [3.05, 3.63) is 64.0 Å². The van der Waals surface area contributed by atoms with Gasteiger partial charge in [0.05, 0.1) is 16.7 Å². The number of carbonyl (C=O) groups excluding carboxylic acids is 3. The summed E-state index contributed by atoms with van der Waals surface area (Å²) in [4.78, 5) is 52.4. The maximum atomic E-state index is 14.5. The van der Waals surface area contributed by atoms with Gasteiger partial charge in [0, 0.05) is 43.9 Å². The minimum absolute atomic E-state index is 0.124. The molecule has 1 spiro atoms. The first-order chi connectivity index (χ1) is 15.3. The molecule has 0 bridgehead atoms. The van der Waals surface area contributed by atoms with Crippen LogP contribution in [-0.4, -0.2) is 48.4 Å². The number of hydrogen-bond donors (Lipinski definition) is 2. The zero-order valence-corrected chi connectivity index (χ0v) is 16.7. The van der Waals surface area contributed by atoms with Crippen molar-refractivity contribution >= 4 is 34.9 Å². The number of non-ortho nitro benzene ring substituents is 1. The highest BCUT2D eigenvalue weighted by Crippen LogP contribution is 2.45. The number of nitrogens with one attached hydrogen (secondary N) is 2. The third-order valence-corrected chi connectivity index (χ3v) is 6.46. The highest BCUT2D eigenvalue weighted by atomic mass is 19.1. The third kappa shape index (κ3) is 2.81. The Balaban J connectivity index is 1.63. The summed E-state index contributed by atoms with van der Waals surface area (Å²) in [6.45, 7) is 0.901. The lowest BCUT2D eigenvalue weighted by molar-refractivity contribution is -0.384. The van der Waals surface area contributed by atoms with Gasteiger partial charge in [-0.25, -0.2) is 9.18 Å². The molecule has 0 aromatic heterocycles. The molecule has 3 heterocycles. The van der Waals surface area contributed by atoms with E-state index in [0.29, 0.717) is 30.0 Å². The number of imide groups is 2. The summed E-state index contributed by atoms with van der Waals surface area (Å²) >= 11 is 0. The summed E-state index contributed by atoms with van der Waals surface area (Å²) in [7, 11) is 0. The van der Waals surface area contributed by atoms with Crippen molar-refractivity contribution in [2.45, 2.75) is 12.5 Å². The number of nitrogens with zero attached hydrogens (tertiary/aromatic N) is 3. The Morgan fingerprint density at radius 1 is 1.03 bits per heavy atom. The van der Waals surface area contributed by atoms with Gasteiger partial charge in [-0.05, 0) is 23.8 Å². The van der Waals surface area contributed by atoms with E-state index in [1.165, 1.54) is 18.2 Å². The molecule has 2 saturated heterocycles. The topological polar surface area (TPSA) is 125 Å². The van der Waals surface area contributed by atoms with Crippen LogP contribution in [0.2, 0.25) is 0 Å². The van der Waals surface area contributed by atoms with Crippen LogP contribution in [0.1, 0.15) is 5.56 Å². The summed E-state index contributed by atoms with van der Waals surface area (Å²) in [6, 6.07) is 8.95. The van der Waals surface area contributed by atoms with Gasteiger partial charge < -0.3 is 9.80 Å². The lowest BCUT2D eigenvalue weighted by Crippen LogP contribution is -2.74. The smallest absolute Gasteiger partial charge is 0.328 e.